The Hall–Kier alpha value is -1.19. The van der Waals surface area contributed by atoms with Gasteiger partial charge in [-0.15, -0.1) is 11.3 Å². The van der Waals surface area contributed by atoms with Crippen molar-refractivity contribution in [2.45, 2.75) is 25.4 Å². The van der Waals surface area contributed by atoms with Gasteiger partial charge in [0.2, 0.25) is 0 Å². The van der Waals surface area contributed by atoms with Crippen molar-refractivity contribution >= 4 is 11.3 Å². The van der Waals surface area contributed by atoms with Crippen LogP contribution < -0.4 is 0 Å². The van der Waals surface area contributed by atoms with Crippen LogP contribution in [0.1, 0.15) is 30.1 Å². The van der Waals surface area contributed by atoms with Crippen LogP contribution in [0.4, 0.5) is 0 Å². The Balaban J connectivity index is 1.76. The van der Waals surface area contributed by atoms with Gasteiger partial charge in [-0.2, -0.15) is 0 Å². The number of likely N-dealkylation sites (tertiary alicyclic amines) is 1. The first-order valence-corrected chi connectivity index (χ1v) is 7.04. The van der Waals surface area contributed by atoms with Crippen LogP contribution in [-0.4, -0.2) is 16.4 Å². The molecule has 0 amide bonds. The van der Waals surface area contributed by atoms with Crippen molar-refractivity contribution in [3.05, 3.63) is 52.5 Å². The number of thiazole rings is 1. The highest BCUT2D eigenvalue weighted by molar-refractivity contribution is 7.07. The SMILES string of the molecule is c1ccc(C2CCCN2Cc2cscn2)cc1. The molecule has 0 N–H and O–H groups in total. The molecule has 0 radical (unpaired) electrons. The first-order valence-electron chi connectivity index (χ1n) is 6.09. The molecule has 0 aliphatic carbocycles. The molecule has 1 atom stereocenters. The van der Waals surface area contributed by atoms with E-state index in [-0.39, 0.29) is 0 Å². The van der Waals surface area contributed by atoms with Crippen molar-refractivity contribution in [3.63, 3.8) is 0 Å². The molecule has 2 aromatic rings. The Labute approximate surface area is 106 Å². The Morgan fingerprint density at radius 3 is 2.94 bits per heavy atom. The van der Waals surface area contributed by atoms with E-state index < -0.39 is 0 Å². The molecule has 1 aromatic carbocycles. The van der Waals surface area contributed by atoms with E-state index in [0.717, 1.165) is 6.54 Å². The first-order chi connectivity index (χ1) is 8.43. The number of hydrogen-bond acceptors (Lipinski definition) is 3. The smallest absolute Gasteiger partial charge is 0.0795 e. The van der Waals surface area contributed by atoms with Crippen LogP contribution in [-0.2, 0) is 6.54 Å². The Bertz CT molecular complexity index is 452. The second-order valence-corrected chi connectivity index (χ2v) is 5.24. The summed E-state index contributed by atoms with van der Waals surface area (Å²) in [6.07, 6.45) is 2.57. The molecule has 2 heterocycles. The standard InChI is InChI=1S/C14H16N2S/c1-2-5-12(6-3-1)14-7-4-8-16(14)9-13-10-17-11-15-13/h1-3,5-6,10-11,14H,4,7-9H2. The Kier molecular flexibility index (Phi) is 3.20. The lowest BCUT2D eigenvalue weighted by atomic mass is 10.0. The minimum Gasteiger partial charge on any atom is -0.290 e. The van der Waals surface area contributed by atoms with Crippen LogP contribution in [0, 0.1) is 0 Å². The Morgan fingerprint density at radius 2 is 2.18 bits per heavy atom. The zero-order chi connectivity index (χ0) is 11.5. The molecule has 17 heavy (non-hydrogen) atoms. The predicted molar refractivity (Wildman–Crippen MR) is 70.9 cm³/mol. The average molecular weight is 244 g/mol. The zero-order valence-corrected chi connectivity index (χ0v) is 10.6. The van der Waals surface area contributed by atoms with Crippen LogP contribution in [0.3, 0.4) is 0 Å². The summed E-state index contributed by atoms with van der Waals surface area (Å²) >= 11 is 1.68. The summed E-state index contributed by atoms with van der Waals surface area (Å²) in [5.41, 5.74) is 4.57. The maximum atomic E-state index is 4.38. The molecule has 1 saturated heterocycles. The molecule has 1 aliphatic rings. The predicted octanol–water partition coefficient (Wildman–Crippen LogP) is 3.48. The lowest BCUT2D eigenvalue weighted by Crippen LogP contribution is -2.22. The summed E-state index contributed by atoms with van der Waals surface area (Å²) in [6, 6.07) is 11.4. The minimum atomic E-state index is 0.581. The van der Waals surface area contributed by atoms with Crippen LogP contribution >= 0.6 is 11.3 Å². The first kappa shape index (κ1) is 10.9. The second-order valence-electron chi connectivity index (χ2n) is 4.52. The Morgan fingerprint density at radius 1 is 1.29 bits per heavy atom. The van der Waals surface area contributed by atoms with Crippen molar-refractivity contribution in [1.82, 2.24) is 9.88 Å². The van der Waals surface area contributed by atoms with Gasteiger partial charge >= 0.3 is 0 Å². The van der Waals surface area contributed by atoms with Crippen molar-refractivity contribution in [2.75, 3.05) is 6.54 Å². The van der Waals surface area contributed by atoms with E-state index >= 15 is 0 Å². The minimum absolute atomic E-state index is 0.581. The summed E-state index contributed by atoms with van der Waals surface area (Å²) in [7, 11) is 0. The number of benzene rings is 1. The van der Waals surface area contributed by atoms with E-state index in [0.29, 0.717) is 6.04 Å². The van der Waals surface area contributed by atoms with Gasteiger partial charge in [0.05, 0.1) is 11.2 Å². The van der Waals surface area contributed by atoms with Crippen LogP contribution in [0.5, 0.6) is 0 Å². The molecule has 0 saturated carbocycles. The van der Waals surface area contributed by atoms with Gasteiger partial charge in [0.25, 0.3) is 0 Å². The van der Waals surface area contributed by atoms with E-state index in [1.54, 1.807) is 11.3 Å². The van der Waals surface area contributed by atoms with Crippen LogP contribution in [0.25, 0.3) is 0 Å². The van der Waals surface area contributed by atoms with E-state index in [1.165, 1.54) is 30.6 Å². The molecule has 1 fully saturated rings. The number of aromatic nitrogens is 1. The van der Waals surface area contributed by atoms with Gasteiger partial charge in [-0.25, -0.2) is 4.98 Å². The fraction of sp³-hybridized carbons (Fsp3) is 0.357. The van der Waals surface area contributed by atoms with Gasteiger partial charge in [-0.1, -0.05) is 30.3 Å². The van der Waals surface area contributed by atoms with Crippen molar-refractivity contribution in [1.29, 1.82) is 0 Å². The molecular weight excluding hydrogens is 228 g/mol. The highest BCUT2D eigenvalue weighted by atomic mass is 32.1. The highest BCUT2D eigenvalue weighted by Gasteiger charge is 2.25. The second kappa shape index (κ2) is 4.98. The molecule has 0 spiro atoms. The van der Waals surface area contributed by atoms with Gasteiger partial charge in [0.1, 0.15) is 0 Å². The fourth-order valence-corrected chi connectivity index (χ4v) is 3.14. The maximum absolute atomic E-state index is 4.38. The normalized spacial score (nSPS) is 20.8. The fourth-order valence-electron chi connectivity index (χ4n) is 2.59. The lowest BCUT2D eigenvalue weighted by molar-refractivity contribution is 0.246. The lowest BCUT2D eigenvalue weighted by Gasteiger charge is -2.23. The summed E-state index contributed by atoms with van der Waals surface area (Å²) < 4.78 is 0. The molecule has 1 aromatic heterocycles. The maximum Gasteiger partial charge on any atom is 0.0795 e. The molecule has 0 bridgehead atoms. The number of hydrogen-bond donors (Lipinski definition) is 0. The van der Waals surface area contributed by atoms with Crippen molar-refractivity contribution < 1.29 is 0 Å². The summed E-state index contributed by atoms with van der Waals surface area (Å²) in [4.78, 5) is 6.93. The quantitative estimate of drug-likeness (QED) is 0.821. The molecule has 88 valence electrons. The highest BCUT2D eigenvalue weighted by Crippen LogP contribution is 2.32. The molecular formula is C14H16N2S. The average Bonchev–Trinajstić information content (AvgIpc) is 3.02. The van der Waals surface area contributed by atoms with Gasteiger partial charge in [-0.05, 0) is 24.9 Å². The van der Waals surface area contributed by atoms with Crippen LogP contribution in [0.15, 0.2) is 41.2 Å². The number of nitrogens with zero attached hydrogens (tertiary/aromatic N) is 2. The molecule has 3 heteroatoms. The van der Waals surface area contributed by atoms with E-state index in [9.17, 15) is 0 Å². The summed E-state index contributed by atoms with van der Waals surface area (Å²) in [6.45, 7) is 2.18. The summed E-state index contributed by atoms with van der Waals surface area (Å²) in [5.74, 6) is 0. The third-order valence-corrected chi connectivity index (χ3v) is 4.03. The van der Waals surface area contributed by atoms with Crippen LogP contribution in [0.2, 0.25) is 0 Å². The van der Waals surface area contributed by atoms with Crippen molar-refractivity contribution in [2.24, 2.45) is 0 Å². The monoisotopic (exact) mass is 244 g/mol. The van der Waals surface area contributed by atoms with Gasteiger partial charge < -0.3 is 0 Å². The molecule has 1 unspecified atom stereocenters. The van der Waals surface area contributed by atoms with E-state index in [2.05, 4.69) is 45.6 Å². The summed E-state index contributed by atoms with van der Waals surface area (Å²) in [5, 5.41) is 2.15. The number of rotatable bonds is 3. The topological polar surface area (TPSA) is 16.1 Å². The molecule has 1 aliphatic heterocycles. The van der Waals surface area contributed by atoms with Gasteiger partial charge in [-0.3, -0.25) is 4.90 Å². The van der Waals surface area contributed by atoms with E-state index in [1.807, 2.05) is 5.51 Å². The van der Waals surface area contributed by atoms with E-state index in [4.69, 9.17) is 0 Å². The molecule has 3 rings (SSSR count). The van der Waals surface area contributed by atoms with Gasteiger partial charge in [0, 0.05) is 18.0 Å². The third kappa shape index (κ3) is 2.40. The third-order valence-electron chi connectivity index (χ3n) is 3.40. The zero-order valence-electron chi connectivity index (χ0n) is 9.75. The van der Waals surface area contributed by atoms with Gasteiger partial charge in [0.15, 0.2) is 0 Å². The molecule has 2 nitrogen and oxygen atoms in total. The largest absolute Gasteiger partial charge is 0.290 e. The van der Waals surface area contributed by atoms with Crippen molar-refractivity contribution in [3.8, 4) is 0 Å².